The number of nitrogens with zero attached hydrogens (tertiary/aromatic N) is 2. The second kappa shape index (κ2) is 4.96. The molecule has 7 nitrogen and oxygen atoms in total. The summed E-state index contributed by atoms with van der Waals surface area (Å²) in [7, 11) is -2.98. The minimum absolute atomic E-state index is 0.0111. The van der Waals surface area contributed by atoms with E-state index >= 15 is 0 Å². The zero-order valence-electron chi connectivity index (χ0n) is 11.0. The summed E-state index contributed by atoms with van der Waals surface area (Å²) >= 11 is 0. The molecule has 0 radical (unpaired) electrons. The predicted molar refractivity (Wildman–Crippen MR) is 79.1 cm³/mol. The van der Waals surface area contributed by atoms with Crippen molar-refractivity contribution in [3.8, 4) is 0 Å². The first-order valence-electron chi connectivity index (χ1n) is 6.44. The van der Waals surface area contributed by atoms with E-state index in [-0.39, 0.29) is 23.2 Å². The monoisotopic (exact) mass is 307 g/mol. The lowest BCUT2D eigenvalue weighted by atomic mass is 10.1. The van der Waals surface area contributed by atoms with E-state index in [0.717, 1.165) is 0 Å². The third-order valence-corrected chi connectivity index (χ3v) is 5.35. The van der Waals surface area contributed by atoms with Crippen LogP contribution in [0.2, 0.25) is 0 Å². The summed E-state index contributed by atoms with van der Waals surface area (Å²) in [6.45, 7) is 0. The van der Waals surface area contributed by atoms with E-state index < -0.39 is 14.8 Å². The van der Waals surface area contributed by atoms with Gasteiger partial charge in [-0.15, -0.1) is 0 Å². The average Bonchev–Trinajstić information content (AvgIpc) is 2.78. The molecule has 3 rings (SSSR count). The van der Waals surface area contributed by atoms with Crippen LogP contribution in [0.3, 0.4) is 0 Å². The number of benzene rings is 1. The first kappa shape index (κ1) is 13.7. The number of nitro benzene ring substituents is 1. The zero-order chi connectivity index (χ0) is 15.0. The summed E-state index contributed by atoms with van der Waals surface area (Å²) in [5.74, 6) is 0.263. The molecule has 2 heterocycles. The van der Waals surface area contributed by atoms with Crippen LogP contribution in [0.25, 0.3) is 10.8 Å². The first-order valence-corrected chi connectivity index (χ1v) is 8.26. The lowest BCUT2D eigenvalue weighted by molar-refractivity contribution is -0.383. The van der Waals surface area contributed by atoms with E-state index in [4.69, 9.17) is 0 Å². The molecule has 0 aliphatic carbocycles. The topological polar surface area (TPSA) is 102 Å². The molecule has 1 unspecified atom stereocenters. The average molecular weight is 307 g/mol. The maximum Gasteiger partial charge on any atom is 0.277 e. The van der Waals surface area contributed by atoms with Crippen LogP contribution >= 0.6 is 0 Å². The Hall–Kier alpha value is -2.22. The number of sulfone groups is 1. The standard InChI is InChI=1S/C13H13N3O4S/c17-16(18)13-2-1-12(11-7-14-5-3-10(11)13)15-9-4-6-21(19,20)8-9/h1-3,5,7,9,15H,4,6,8H2. The fourth-order valence-corrected chi connectivity index (χ4v) is 4.26. The van der Waals surface area contributed by atoms with Crippen molar-refractivity contribution in [2.24, 2.45) is 0 Å². The molecule has 0 amide bonds. The van der Waals surface area contributed by atoms with E-state index in [1.165, 1.54) is 12.3 Å². The van der Waals surface area contributed by atoms with Gasteiger partial charge in [-0.05, 0) is 18.6 Å². The van der Waals surface area contributed by atoms with E-state index in [1.807, 2.05) is 0 Å². The second-order valence-corrected chi connectivity index (χ2v) is 7.28. The highest BCUT2D eigenvalue weighted by Gasteiger charge is 2.28. The van der Waals surface area contributed by atoms with Crippen molar-refractivity contribution >= 4 is 32.0 Å². The van der Waals surface area contributed by atoms with Crippen LogP contribution in [0, 0.1) is 10.1 Å². The van der Waals surface area contributed by atoms with Gasteiger partial charge in [0.25, 0.3) is 5.69 Å². The molecule has 8 heteroatoms. The molecule has 0 bridgehead atoms. The molecule has 0 saturated carbocycles. The number of aromatic nitrogens is 1. The summed E-state index contributed by atoms with van der Waals surface area (Å²) in [6.07, 6.45) is 3.59. The summed E-state index contributed by atoms with van der Waals surface area (Å²) in [5.41, 5.74) is 0.683. The van der Waals surface area contributed by atoms with Crippen LogP contribution in [0.4, 0.5) is 11.4 Å². The molecule has 1 aromatic carbocycles. The van der Waals surface area contributed by atoms with Crippen LogP contribution in [0.15, 0.2) is 30.6 Å². The van der Waals surface area contributed by atoms with E-state index in [2.05, 4.69) is 10.3 Å². The van der Waals surface area contributed by atoms with Crippen molar-refractivity contribution < 1.29 is 13.3 Å². The number of nitro groups is 1. The molecule has 1 saturated heterocycles. The maximum atomic E-state index is 11.5. The number of fused-ring (bicyclic) bond motifs is 1. The van der Waals surface area contributed by atoms with Crippen molar-refractivity contribution in [1.29, 1.82) is 0 Å². The molecular weight excluding hydrogens is 294 g/mol. The molecule has 1 aromatic heterocycles. The molecular formula is C13H13N3O4S. The maximum absolute atomic E-state index is 11.5. The lowest BCUT2D eigenvalue weighted by Gasteiger charge is -2.14. The highest BCUT2D eigenvalue weighted by Crippen LogP contribution is 2.31. The van der Waals surface area contributed by atoms with Crippen molar-refractivity contribution in [3.63, 3.8) is 0 Å². The third kappa shape index (κ3) is 2.66. The predicted octanol–water partition coefficient (Wildman–Crippen LogP) is 1.74. The molecule has 0 spiro atoms. The highest BCUT2D eigenvalue weighted by molar-refractivity contribution is 7.91. The Bertz CT molecular complexity index is 819. The van der Waals surface area contributed by atoms with E-state index in [1.54, 1.807) is 18.3 Å². The minimum atomic E-state index is -2.98. The first-order chi connectivity index (χ1) is 9.96. The van der Waals surface area contributed by atoms with Crippen molar-refractivity contribution in [2.45, 2.75) is 12.5 Å². The van der Waals surface area contributed by atoms with Gasteiger partial charge in [0.05, 0.1) is 21.8 Å². The van der Waals surface area contributed by atoms with Gasteiger partial charge in [-0.3, -0.25) is 15.1 Å². The van der Waals surface area contributed by atoms with E-state index in [0.29, 0.717) is 22.9 Å². The second-order valence-electron chi connectivity index (χ2n) is 5.05. The van der Waals surface area contributed by atoms with Crippen LogP contribution in [0.5, 0.6) is 0 Å². The lowest BCUT2D eigenvalue weighted by Crippen LogP contribution is -2.20. The van der Waals surface area contributed by atoms with Crippen LogP contribution in [0.1, 0.15) is 6.42 Å². The SMILES string of the molecule is O=[N+]([O-])c1ccc(NC2CCS(=O)(=O)C2)c2cnccc12. The largest absolute Gasteiger partial charge is 0.381 e. The Morgan fingerprint density at radius 1 is 1.29 bits per heavy atom. The minimum Gasteiger partial charge on any atom is -0.381 e. The Labute approximate surface area is 121 Å². The quantitative estimate of drug-likeness (QED) is 0.684. The zero-order valence-corrected chi connectivity index (χ0v) is 11.8. The van der Waals surface area contributed by atoms with Gasteiger partial charge in [0, 0.05) is 35.6 Å². The number of anilines is 1. The fraction of sp³-hybridized carbons (Fsp3) is 0.308. The number of hydrogen-bond donors (Lipinski definition) is 1. The highest BCUT2D eigenvalue weighted by atomic mass is 32.2. The summed E-state index contributed by atoms with van der Waals surface area (Å²) < 4.78 is 23.0. The number of rotatable bonds is 3. The summed E-state index contributed by atoms with van der Waals surface area (Å²) in [6, 6.07) is 4.45. The smallest absolute Gasteiger partial charge is 0.277 e. The van der Waals surface area contributed by atoms with Crippen LogP contribution in [-0.2, 0) is 9.84 Å². The fourth-order valence-electron chi connectivity index (χ4n) is 2.59. The molecule has 1 aliphatic rings. The molecule has 2 aromatic rings. The normalized spacial score (nSPS) is 20.5. The van der Waals surface area contributed by atoms with Gasteiger partial charge in [0.1, 0.15) is 0 Å². The molecule has 1 fully saturated rings. The van der Waals surface area contributed by atoms with Gasteiger partial charge in [0.2, 0.25) is 0 Å². The molecule has 21 heavy (non-hydrogen) atoms. The molecule has 110 valence electrons. The van der Waals surface area contributed by atoms with Gasteiger partial charge >= 0.3 is 0 Å². The van der Waals surface area contributed by atoms with Gasteiger partial charge in [0.15, 0.2) is 9.84 Å². The molecule has 1 aliphatic heterocycles. The number of non-ortho nitro benzene ring substituents is 1. The Morgan fingerprint density at radius 3 is 2.76 bits per heavy atom. The van der Waals surface area contributed by atoms with E-state index in [9.17, 15) is 18.5 Å². The number of pyridine rings is 1. The third-order valence-electron chi connectivity index (χ3n) is 3.58. The Morgan fingerprint density at radius 2 is 2.10 bits per heavy atom. The van der Waals surface area contributed by atoms with Crippen molar-refractivity contribution in [1.82, 2.24) is 4.98 Å². The van der Waals surface area contributed by atoms with Crippen LogP contribution < -0.4 is 5.32 Å². The summed E-state index contributed by atoms with van der Waals surface area (Å²) in [4.78, 5) is 14.6. The Balaban J connectivity index is 2.01. The number of nitrogens with one attached hydrogen (secondary N) is 1. The van der Waals surface area contributed by atoms with Gasteiger partial charge in [-0.25, -0.2) is 8.42 Å². The van der Waals surface area contributed by atoms with Gasteiger partial charge in [-0.2, -0.15) is 0 Å². The van der Waals surface area contributed by atoms with Gasteiger partial charge < -0.3 is 5.32 Å². The van der Waals surface area contributed by atoms with Gasteiger partial charge in [-0.1, -0.05) is 0 Å². The molecule has 1 N–H and O–H groups in total. The Kier molecular flexibility index (Phi) is 3.25. The number of hydrogen-bond acceptors (Lipinski definition) is 6. The van der Waals surface area contributed by atoms with Crippen molar-refractivity contribution in [2.75, 3.05) is 16.8 Å². The van der Waals surface area contributed by atoms with Crippen LogP contribution in [-0.4, -0.2) is 35.9 Å². The molecule has 1 atom stereocenters. The van der Waals surface area contributed by atoms with Crippen molar-refractivity contribution in [3.05, 3.63) is 40.7 Å². The summed E-state index contributed by atoms with van der Waals surface area (Å²) in [5, 5.41) is 15.3.